The zero-order chi connectivity index (χ0) is 22.9. The Morgan fingerprint density at radius 2 is 2.03 bits per heavy atom. The van der Waals surface area contributed by atoms with Crippen LogP contribution in [-0.2, 0) is 18.6 Å². The second-order valence-electron chi connectivity index (χ2n) is 9.20. The zero-order valence-corrected chi connectivity index (χ0v) is 20.1. The van der Waals surface area contributed by atoms with Gasteiger partial charge >= 0.3 is 0 Å². The Labute approximate surface area is 196 Å². The SMILES string of the molecule is CC(C)(C)[C@@H]1CCc2nc(SCc3ccc([N+](=O)[O-])cc3)c(C#N)c(-c3cccs3)c2C1. The highest BCUT2D eigenvalue weighted by Gasteiger charge is 2.33. The second-order valence-corrected chi connectivity index (χ2v) is 11.1. The fourth-order valence-corrected chi connectivity index (χ4v) is 6.01. The highest BCUT2D eigenvalue weighted by atomic mass is 32.2. The van der Waals surface area contributed by atoms with Gasteiger partial charge in [-0.3, -0.25) is 10.1 Å². The minimum atomic E-state index is -0.395. The van der Waals surface area contributed by atoms with Crippen LogP contribution < -0.4 is 0 Å². The molecule has 4 rings (SSSR count). The molecule has 0 radical (unpaired) electrons. The molecule has 0 fully saturated rings. The van der Waals surface area contributed by atoms with E-state index in [9.17, 15) is 15.4 Å². The molecule has 1 aliphatic carbocycles. The van der Waals surface area contributed by atoms with Crippen molar-refractivity contribution in [3.05, 3.63) is 74.3 Å². The highest BCUT2D eigenvalue weighted by Crippen LogP contribution is 2.44. The van der Waals surface area contributed by atoms with Gasteiger partial charge in [0.1, 0.15) is 11.1 Å². The van der Waals surface area contributed by atoms with Crippen molar-refractivity contribution in [3.8, 4) is 16.5 Å². The minimum absolute atomic E-state index is 0.0803. The van der Waals surface area contributed by atoms with Crippen LogP contribution in [0.2, 0.25) is 0 Å². The first-order chi connectivity index (χ1) is 15.3. The molecule has 1 aliphatic rings. The monoisotopic (exact) mass is 463 g/mol. The fraction of sp³-hybridized carbons (Fsp3) is 0.360. The Hall–Kier alpha value is -2.69. The van der Waals surface area contributed by atoms with Crippen molar-refractivity contribution in [2.24, 2.45) is 11.3 Å². The van der Waals surface area contributed by atoms with Gasteiger partial charge in [-0.25, -0.2) is 4.98 Å². The quantitative estimate of drug-likeness (QED) is 0.230. The summed E-state index contributed by atoms with van der Waals surface area (Å²) < 4.78 is 0. The van der Waals surface area contributed by atoms with Crippen LogP contribution in [0, 0.1) is 32.8 Å². The summed E-state index contributed by atoms with van der Waals surface area (Å²) in [5.74, 6) is 1.16. The Morgan fingerprint density at radius 3 is 2.62 bits per heavy atom. The largest absolute Gasteiger partial charge is 0.269 e. The first-order valence-electron chi connectivity index (χ1n) is 10.6. The number of nitro benzene ring substituents is 1. The summed E-state index contributed by atoms with van der Waals surface area (Å²) in [5, 5.41) is 23.9. The third kappa shape index (κ3) is 4.57. The normalized spacial score (nSPS) is 15.8. The Morgan fingerprint density at radius 1 is 1.28 bits per heavy atom. The van der Waals surface area contributed by atoms with Crippen LogP contribution in [0.4, 0.5) is 5.69 Å². The van der Waals surface area contributed by atoms with E-state index in [4.69, 9.17) is 4.98 Å². The number of pyridine rings is 1. The number of hydrogen-bond donors (Lipinski definition) is 0. The maximum atomic E-state index is 10.9. The van der Waals surface area contributed by atoms with Gasteiger partial charge in [0.05, 0.1) is 10.5 Å². The van der Waals surface area contributed by atoms with Crippen LogP contribution in [0.1, 0.15) is 49.6 Å². The average molecular weight is 464 g/mol. The molecule has 2 aromatic heterocycles. The number of benzene rings is 1. The van der Waals surface area contributed by atoms with Crippen LogP contribution in [0.25, 0.3) is 10.4 Å². The number of aromatic nitrogens is 1. The maximum absolute atomic E-state index is 10.9. The van der Waals surface area contributed by atoms with Gasteiger partial charge in [0.25, 0.3) is 5.69 Å². The van der Waals surface area contributed by atoms with Crippen molar-refractivity contribution in [2.45, 2.75) is 50.8 Å². The molecule has 7 heteroatoms. The van der Waals surface area contributed by atoms with Gasteiger partial charge in [0.2, 0.25) is 0 Å². The smallest absolute Gasteiger partial charge is 0.258 e. The minimum Gasteiger partial charge on any atom is -0.258 e. The summed E-state index contributed by atoms with van der Waals surface area (Å²) in [5.41, 5.74) is 5.29. The second kappa shape index (κ2) is 9.05. The number of non-ortho nitro benzene ring substituents is 1. The van der Waals surface area contributed by atoms with Gasteiger partial charge < -0.3 is 0 Å². The molecule has 32 heavy (non-hydrogen) atoms. The highest BCUT2D eigenvalue weighted by molar-refractivity contribution is 7.98. The van der Waals surface area contributed by atoms with E-state index in [1.807, 2.05) is 6.07 Å². The Bertz CT molecular complexity index is 1170. The third-order valence-electron chi connectivity index (χ3n) is 6.16. The predicted molar refractivity (Wildman–Crippen MR) is 130 cm³/mol. The van der Waals surface area contributed by atoms with E-state index in [0.29, 0.717) is 17.2 Å². The molecule has 0 unspecified atom stereocenters. The lowest BCUT2D eigenvalue weighted by Crippen LogP contribution is -2.28. The molecule has 0 saturated carbocycles. The van der Waals surface area contributed by atoms with Crippen molar-refractivity contribution >= 4 is 28.8 Å². The molecule has 1 atom stereocenters. The predicted octanol–water partition coefficient (Wildman–Crippen LogP) is 7.03. The average Bonchev–Trinajstić information content (AvgIpc) is 3.30. The van der Waals surface area contributed by atoms with Crippen molar-refractivity contribution in [3.63, 3.8) is 0 Å². The van der Waals surface area contributed by atoms with Crippen LogP contribution in [0.5, 0.6) is 0 Å². The number of thiophene rings is 1. The van der Waals surface area contributed by atoms with Gasteiger partial charge in [0, 0.05) is 34.0 Å². The summed E-state index contributed by atoms with van der Waals surface area (Å²) in [6.45, 7) is 6.88. The summed E-state index contributed by atoms with van der Waals surface area (Å²) in [6.07, 6.45) is 2.97. The molecule has 1 aromatic carbocycles. The topological polar surface area (TPSA) is 79.8 Å². The van der Waals surface area contributed by atoms with Gasteiger partial charge in [-0.15, -0.1) is 23.1 Å². The molecule has 3 aromatic rings. The standard InChI is InChI=1S/C25H25N3O2S2/c1-25(2,3)17-8-11-21-19(13-17)23(22-5-4-12-31-22)20(14-26)24(27-21)32-15-16-6-9-18(10-7-16)28(29)30/h4-7,9-10,12,17H,8,11,13,15H2,1-3H3/t17-/m1/s1. The summed E-state index contributed by atoms with van der Waals surface area (Å²) in [7, 11) is 0. The molecule has 0 spiro atoms. The molecular weight excluding hydrogens is 438 g/mol. The molecule has 0 aliphatic heterocycles. The number of nitrogens with zero attached hydrogens (tertiary/aromatic N) is 3. The molecule has 164 valence electrons. The van der Waals surface area contributed by atoms with E-state index >= 15 is 0 Å². The summed E-state index contributed by atoms with van der Waals surface area (Å²) in [4.78, 5) is 16.6. The fourth-order valence-electron chi connectivity index (χ4n) is 4.24. The maximum Gasteiger partial charge on any atom is 0.269 e. The van der Waals surface area contributed by atoms with E-state index in [0.717, 1.165) is 46.0 Å². The number of fused-ring (bicyclic) bond motifs is 1. The van der Waals surface area contributed by atoms with Crippen LogP contribution in [-0.4, -0.2) is 9.91 Å². The molecule has 2 heterocycles. The number of rotatable bonds is 5. The van der Waals surface area contributed by atoms with E-state index in [1.54, 1.807) is 23.5 Å². The summed E-state index contributed by atoms with van der Waals surface area (Å²) in [6, 6.07) is 13.1. The van der Waals surface area contributed by atoms with Crippen LogP contribution >= 0.6 is 23.1 Å². The lowest BCUT2D eigenvalue weighted by Gasteiger charge is -2.35. The number of hydrogen-bond acceptors (Lipinski definition) is 6. The van der Waals surface area contributed by atoms with Gasteiger partial charge in [-0.05, 0) is 53.2 Å². The number of aryl methyl sites for hydroxylation is 1. The van der Waals surface area contributed by atoms with Crippen molar-refractivity contribution < 1.29 is 4.92 Å². The van der Waals surface area contributed by atoms with Crippen molar-refractivity contribution in [2.75, 3.05) is 0 Å². The van der Waals surface area contributed by atoms with Gasteiger partial charge in [0.15, 0.2) is 0 Å². The molecule has 0 bridgehead atoms. The molecule has 0 saturated heterocycles. The van der Waals surface area contributed by atoms with Crippen LogP contribution in [0.15, 0.2) is 46.8 Å². The van der Waals surface area contributed by atoms with E-state index in [2.05, 4.69) is 38.3 Å². The number of nitro groups is 1. The molecule has 0 N–H and O–H groups in total. The van der Waals surface area contributed by atoms with Gasteiger partial charge in [-0.1, -0.05) is 39.0 Å². The first-order valence-corrected chi connectivity index (χ1v) is 12.5. The van der Waals surface area contributed by atoms with Crippen molar-refractivity contribution in [1.29, 1.82) is 5.26 Å². The van der Waals surface area contributed by atoms with E-state index in [-0.39, 0.29) is 11.1 Å². The number of thioether (sulfide) groups is 1. The van der Waals surface area contributed by atoms with Gasteiger partial charge in [-0.2, -0.15) is 5.26 Å². The molecule has 5 nitrogen and oxygen atoms in total. The third-order valence-corrected chi connectivity index (χ3v) is 8.09. The van der Waals surface area contributed by atoms with Crippen LogP contribution in [0.3, 0.4) is 0 Å². The Balaban J connectivity index is 1.72. The Kier molecular flexibility index (Phi) is 6.36. The lowest BCUT2D eigenvalue weighted by molar-refractivity contribution is -0.384. The van der Waals surface area contributed by atoms with E-state index in [1.165, 1.54) is 29.5 Å². The molecule has 0 amide bonds. The van der Waals surface area contributed by atoms with E-state index < -0.39 is 4.92 Å². The lowest BCUT2D eigenvalue weighted by atomic mass is 9.70. The number of nitriles is 1. The summed E-state index contributed by atoms with van der Waals surface area (Å²) >= 11 is 3.19. The molecular formula is C25H25N3O2S2. The first kappa shape index (κ1) is 22.5. The van der Waals surface area contributed by atoms with Crippen molar-refractivity contribution in [1.82, 2.24) is 4.98 Å². The zero-order valence-electron chi connectivity index (χ0n) is 18.4.